The average Bonchev–Trinajstić information content (AvgIpc) is 2.81. The SMILES string of the molecule is O=C(Nc1ccccc1Oc1ccccc1)c1cnc(NCc2ccccn2)cn1. The van der Waals surface area contributed by atoms with Crippen LogP contribution < -0.4 is 15.4 Å². The summed E-state index contributed by atoms with van der Waals surface area (Å²) in [5.74, 6) is 1.41. The van der Waals surface area contributed by atoms with Crippen LogP contribution in [-0.4, -0.2) is 20.9 Å². The van der Waals surface area contributed by atoms with Crippen LogP contribution in [0.2, 0.25) is 0 Å². The van der Waals surface area contributed by atoms with Gasteiger partial charge in [0.05, 0.1) is 30.3 Å². The fourth-order valence-electron chi connectivity index (χ4n) is 2.68. The number of carbonyl (C=O) groups excluding carboxylic acids is 1. The maximum Gasteiger partial charge on any atom is 0.275 e. The Hall–Kier alpha value is -4.26. The van der Waals surface area contributed by atoms with Gasteiger partial charge in [-0.05, 0) is 36.4 Å². The molecule has 2 heterocycles. The number of aromatic nitrogens is 3. The molecule has 2 aromatic heterocycles. The quantitative estimate of drug-likeness (QED) is 0.476. The summed E-state index contributed by atoms with van der Waals surface area (Å²) in [4.78, 5) is 25.3. The van der Waals surface area contributed by atoms with Crippen LogP contribution in [0.3, 0.4) is 0 Å². The van der Waals surface area contributed by atoms with Gasteiger partial charge in [0, 0.05) is 6.20 Å². The van der Waals surface area contributed by atoms with Crippen LogP contribution in [0.5, 0.6) is 11.5 Å². The molecule has 2 aromatic carbocycles. The van der Waals surface area contributed by atoms with Crippen LogP contribution in [0.1, 0.15) is 16.2 Å². The molecule has 148 valence electrons. The lowest BCUT2D eigenvalue weighted by molar-refractivity contribution is 0.102. The molecule has 0 aliphatic rings. The van der Waals surface area contributed by atoms with Crippen molar-refractivity contribution < 1.29 is 9.53 Å². The lowest BCUT2D eigenvalue weighted by Crippen LogP contribution is -2.15. The third kappa shape index (κ3) is 4.96. The largest absolute Gasteiger partial charge is 0.455 e. The van der Waals surface area contributed by atoms with Gasteiger partial charge >= 0.3 is 0 Å². The summed E-state index contributed by atoms with van der Waals surface area (Å²) in [5.41, 5.74) is 1.63. The molecule has 0 aliphatic carbocycles. The number of carbonyl (C=O) groups is 1. The van der Waals surface area contributed by atoms with Crippen molar-refractivity contribution in [3.8, 4) is 11.5 Å². The summed E-state index contributed by atoms with van der Waals surface area (Å²) in [5, 5.41) is 5.95. The molecule has 2 N–H and O–H groups in total. The number of para-hydroxylation sites is 3. The fraction of sp³-hybridized carbons (Fsp3) is 0.0435. The van der Waals surface area contributed by atoms with E-state index in [0.29, 0.717) is 29.5 Å². The standard InChI is InChI=1S/C23H19N5O2/c29-23(20-15-27-22(16-25-20)26-14-17-8-6-7-13-24-17)28-19-11-4-5-12-21(19)30-18-9-2-1-3-10-18/h1-13,15-16H,14H2,(H,26,27)(H,28,29). The van der Waals surface area contributed by atoms with Gasteiger partial charge in [-0.2, -0.15) is 0 Å². The Kier molecular flexibility index (Phi) is 5.91. The molecule has 1 amide bonds. The van der Waals surface area contributed by atoms with Crippen LogP contribution in [0, 0.1) is 0 Å². The molecule has 0 saturated carbocycles. The van der Waals surface area contributed by atoms with Crippen molar-refractivity contribution in [1.82, 2.24) is 15.0 Å². The molecule has 0 aliphatic heterocycles. The predicted molar refractivity (Wildman–Crippen MR) is 115 cm³/mol. The van der Waals surface area contributed by atoms with Gasteiger partial charge in [0.25, 0.3) is 5.91 Å². The van der Waals surface area contributed by atoms with Gasteiger partial charge in [0.15, 0.2) is 5.75 Å². The highest BCUT2D eigenvalue weighted by molar-refractivity contribution is 6.03. The number of benzene rings is 2. The lowest BCUT2D eigenvalue weighted by Gasteiger charge is -2.12. The van der Waals surface area contributed by atoms with E-state index in [9.17, 15) is 4.79 Å². The molecule has 0 radical (unpaired) electrons. The zero-order valence-corrected chi connectivity index (χ0v) is 16.0. The minimum Gasteiger partial charge on any atom is -0.455 e. The smallest absolute Gasteiger partial charge is 0.275 e. The van der Waals surface area contributed by atoms with E-state index in [4.69, 9.17) is 4.74 Å². The number of hydrogen-bond donors (Lipinski definition) is 2. The fourth-order valence-corrected chi connectivity index (χ4v) is 2.68. The molecule has 0 saturated heterocycles. The Labute approximate surface area is 173 Å². The first-order chi connectivity index (χ1) is 14.8. The van der Waals surface area contributed by atoms with E-state index in [1.165, 1.54) is 12.4 Å². The van der Waals surface area contributed by atoms with Crippen LogP contribution in [0.25, 0.3) is 0 Å². The van der Waals surface area contributed by atoms with Gasteiger partial charge in [-0.1, -0.05) is 36.4 Å². The third-order valence-electron chi connectivity index (χ3n) is 4.17. The molecule has 4 aromatic rings. The van der Waals surface area contributed by atoms with Crippen LogP contribution >= 0.6 is 0 Å². The molecular weight excluding hydrogens is 378 g/mol. The van der Waals surface area contributed by atoms with Crippen molar-refractivity contribution in [2.24, 2.45) is 0 Å². The van der Waals surface area contributed by atoms with Gasteiger partial charge in [-0.3, -0.25) is 9.78 Å². The number of rotatable bonds is 7. The Morgan fingerprint density at radius 3 is 2.40 bits per heavy atom. The minimum absolute atomic E-state index is 0.202. The van der Waals surface area contributed by atoms with E-state index in [2.05, 4.69) is 25.6 Å². The second-order valence-electron chi connectivity index (χ2n) is 6.33. The number of amides is 1. The van der Waals surface area contributed by atoms with E-state index in [1.807, 2.05) is 60.7 Å². The first-order valence-electron chi connectivity index (χ1n) is 9.37. The second kappa shape index (κ2) is 9.29. The van der Waals surface area contributed by atoms with Crippen molar-refractivity contribution in [3.05, 3.63) is 103 Å². The molecule has 7 heteroatoms. The van der Waals surface area contributed by atoms with Crippen molar-refractivity contribution in [3.63, 3.8) is 0 Å². The second-order valence-corrected chi connectivity index (χ2v) is 6.33. The molecule has 4 rings (SSSR count). The highest BCUT2D eigenvalue weighted by Crippen LogP contribution is 2.29. The molecule has 0 unspecified atom stereocenters. The summed E-state index contributed by atoms with van der Waals surface area (Å²) in [6.07, 6.45) is 4.68. The summed E-state index contributed by atoms with van der Waals surface area (Å²) < 4.78 is 5.87. The van der Waals surface area contributed by atoms with E-state index < -0.39 is 0 Å². The van der Waals surface area contributed by atoms with E-state index in [0.717, 1.165) is 5.69 Å². The van der Waals surface area contributed by atoms with Crippen molar-refractivity contribution in [2.75, 3.05) is 10.6 Å². The Balaban J connectivity index is 1.40. The molecule has 30 heavy (non-hydrogen) atoms. The maximum atomic E-state index is 12.6. The van der Waals surface area contributed by atoms with Crippen LogP contribution in [-0.2, 0) is 6.54 Å². The predicted octanol–water partition coefficient (Wildman–Crippen LogP) is 4.53. The lowest BCUT2D eigenvalue weighted by atomic mass is 10.2. The van der Waals surface area contributed by atoms with Crippen molar-refractivity contribution in [1.29, 1.82) is 0 Å². The number of ether oxygens (including phenoxy) is 1. The number of anilines is 2. The number of nitrogens with one attached hydrogen (secondary N) is 2. The number of nitrogens with zero attached hydrogens (tertiary/aromatic N) is 3. The third-order valence-corrected chi connectivity index (χ3v) is 4.17. The van der Waals surface area contributed by atoms with Crippen molar-refractivity contribution >= 4 is 17.4 Å². The zero-order chi connectivity index (χ0) is 20.6. The number of pyridine rings is 1. The maximum absolute atomic E-state index is 12.6. The normalized spacial score (nSPS) is 10.3. The van der Waals surface area contributed by atoms with E-state index in [-0.39, 0.29) is 11.6 Å². The summed E-state index contributed by atoms with van der Waals surface area (Å²) in [6, 6.07) is 22.3. The minimum atomic E-state index is -0.372. The molecule has 0 spiro atoms. The van der Waals surface area contributed by atoms with Crippen LogP contribution in [0.4, 0.5) is 11.5 Å². The molecule has 0 fully saturated rings. The van der Waals surface area contributed by atoms with Gasteiger partial charge < -0.3 is 15.4 Å². The first kappa shape index (κ1) is 19.1. The monoisotopic (exact) mass is 397 g/mol. The number of hydrogen-bond acceptors (Lipinski definition) is 6. The first-order valence-corrected chi connectivity index (χ1v) is 9.37. The Morgan fingerprint density at radius 2 is 1.63 bits per heavy atom. The van der Waals surface area contributed by atoms with Gasteiger partial charge in [-0.25, -0.2) is 9.97 Å². The topological polar surface area (TPSA) is 89.0 Å². The zero-order valence-electron chi connectivity index (χ0n) is 16.0. The van der Waals surface area contributed by atoms with Gasteiger partial charge in [-0.15, -0.1) is 0 Å². The van der Waals surface area contributed by atoms with E-state index in [1.54, 1.807) is 18.3 Å². The van der Waals surface area contributed by atoms with E-state index >= 15 is 0 Å². The summed E-state index contributed by atoms with van der Waals surface area (Å²) in [6.45, 7) is 0.519. The highest BCUT2D eigenvalue weighted by Gasteiger charge is 2.12. The Morgan fingerprint density at radius 1 is 0.833 bits per heavy atom. The van der Waals surface area contributed by atoms with Gasteiger partial charge in [0.1, 0.15) is 17.3 Å². The van der Waals surface area contributed by atoms with Crippen molar-refractivity contribution in [2.45, 2.75) is 6.54 Å². The Bertz CT molecular complexity index is 1100. The molecule has 7 nitrogen and oxygen atoms in total. The summed E-state index contributed by atoms with van der Waals surface area (Å²) >= 11 is 0. The summed E-state index contributed by atoms with van der Waals surface area (Å²) in [7, 11) is 0. The molecule has 0 bridgehead atoms. The molecular formula is C23H19N5O2. The highest BCUT2D eigenvalue weighted by atomic mass is 16.5. The average molecular weight is 397 g/mol. The van der Waals surface area contributed by atoms with Gasteiger partial charge in [0.2, 0.25) is 0 Å². The molecule has 0 atom stereocenters. The van der Waals surface area contributed by atoms with Crippen LogP contribution in [0.15, 0.2) is 91.4 Å².